The molecule has 148 valence electrons. The van der Waals surface area contributed by atoms with Crippen molar-refractivity contribution in [1.29, 1.82) is 0 Å². The van der Waals surface area contributed by atoms with Gasteiger partial charge in [0, 0.05) is 7.11 Å². The fourth-order valence-corrected chi connectivity index (χ4v) is 5.22. The Labute approximate surface area is 155 Å². The summed E-state index contributed by atoms with van der Waals surface area (Å²) in [5.74, 6) is -0.156. The molecular formula is C17H30N4O4S. The third-order valence-corrected chi connectivity index (χ3v) is 8.15. The minimum atomic E-state index is -3.62. The van der Waals surface area contributed by atoms with Crippen LogP contribution in [0.5, 0.6) is 0 Å². The van der Waals surface area contributed by atoms with Gasteiger partial charge in [-0.15, -0.1) is 10.2 Å². The molecule has 0 aromatic carbocycles. The fourth-order valence-electron chi connectivity index (χ4n) is 3.11. The number of methoxy groups -OCH3 is 1. The molecule has 1 aliphatic carbocycles. The molecule has 1 saturated carbocycles. The monoisotopic (exact) mass is 386 g/mol. The number of ether oxygens (including phenoxy) is 1. The Morgan fingerprint density at radius 2 is 1.73 bits per heavy atom. The summed E-state index contributed by atoms with van der Waals surface area (Å²) in [5, 5.41) is 11.6. The van der Waals surface area contributed by atoms with Crippen LogP contribution in [0.3, 0.4) is 0 Å². The van der Waals surface area contributed by atoms with E-state index in [1.807, 2.05) is 20.8 Å². The van der Waals surface area contributed by atoms with Crippen LogP contribution < -0.4 is 0 Å². The molecule has 1 aromatic rings. The number of rotatable bonds is 6. The summed E-state index contributed by atoms with van der Waals surface area (Å²) in [6.07, 6.45) is 2.41. The van der Waals surface area contributed by atoms with E-state index in [0.29, 0.717) is 25.7 Å². The summed E-state index contributed by atoms with van der Waals surface area (Å²) in [5.41, 5.74) is -0.351. The van der Waals surface area contributed by atoms with Gasteiger partial charge in [-0.25, -0.2) is 8.42 Å². The zero-order valence-electron chi connectivity index (χ0n) is 16.5. The second-order valence-corrected chi connectivity index (χ2v) is 11.2. The number of aromatic nitrogens is 4. The first-order valence-corrected chi connectivity index (χ1v) is 10.5. The molecule has 1 fully saturated rings. The van der Waals surface area contributed by atoms with E-state index in [0.717, 1.165) is 0 Å². The Hall–Kier alpha value is -1.35. The van der Waals surface area contributed by atoms with Gasteiger partial charge in [0.25, 0.3) is 0 Å². The number of nitrogens with zero attached hydrogens (tertiary/aromatic N) is 4. The summed E-state index contributed by atoms with van der Waals surface area (Å²) < 4.78 is 30.0. The van der Waals surface area contributed by atoms with Gasteiger partial charge in [-0.1, -0.05) is 0 Å². The Morgan fingerprint density at radius 3 is 2.19 bits per heavy atom. The highest BCUT2D eigenvalue weighted by molar-refractivity contribution is 7.94. The second kappa shape index (κ2) is 7.34. The van der Waals surface area contributed by atoms with E-state index in [1.165, 1.54) is 18.6 Å². The first-order chi connectivity index (χ1) is 11.9. The Morgan fingerprint density at radius 1 is 1.15 bits per heavy atom. The fraction of sp³-hybridized carbons (Fsp3) is 0.882. The molecule has 0 atom stereocenters. The zero-order chi connectivity index (χ0) is 19.8. The van der Waals surface area contributed by atoms with Gasteiger partial charge in [0.1, 0.15) is 4.75 Å². The predicted octanol–water partition coefficient (Wildman–Crippen LogP) is 1.69. The minimum Gasteiger partial charge on any atom is -0.381 e. The van der Waals surface area contributed by atoms with Crippen LogP contribution in [0.25, 0.3) is 0 Å². The van der Waals surface area contributed by atoms with Crippen LogP contribution in [0.2, 0.25) is 0 Å². The molecule has 0 spiro atoms. The summed E-state index contributed by atoms with van der Waals surface area (Å²) in [6.45, 7) is 8.74. The van der Waals surface area contributed by atoms with Gasteiger partial charge in [0.2, 0.25) is 0 Å². The number of hydrogen-bond donors (Lipinski definition) is 0. The maximum atomic E-state index is 13.1. The number of sulfone groups is 1. The van der Waals surface area contributed by atoms with E-state index in [9.17, 15) is 13.2 Å². The van der Waals surface area contributed by atoms with Gasteiger partial charge >= 0.3 is 0 Å². The van der Waals surface area contributed by atoms with Crippen molar-refractivity contribution in [3.63, 3.8) is 0 Å². The van der Waals surface area contributed by atoms with E-state index >= 15 is 0 Å². The number of tetrazole rings is 1. The van der Waals surface area contributed by atoms with Crippen LogP contribution in [0, 0.1) is 0 Å². The molecule has 26 heavy (non-hydrogen) atoms. The number of ketones is 1. The molecule has 8 nitrogen and oxygen atoms in total. The lowest BCUT2D eigenvalue weighted by Gasteiger charge is -2.33. The average Bonchev–Trinajstić information content (AvgIpc) is 3.03. The molecule has 0 saturated heterocycles. The molecule has 1 heterocycles. The first kappa shape index (κ1) is 21.0. The van der Waals surface area contributed by atoms with Gasteiger partial charge < -0.3 is 4.74 Å². The highest BCUT2D eigenvalue weighted by Gasteiger charge is 2.46. The lowest BCUT2D eigenvalue weighted by atomic mass is 9.97. The van der Waals surface area contributed by atoms with E-state index in [4.69, 9.17) is 4.74 Å². The second-order valence-electron chi connectivity index (χ2n) is 8.46. The lowest BCUT2D eigenvalue weighted by Crippen LogP contribution is -2.48. The van der Waals surface area contributed by atoms with Gasteiger partial charge in [0.05, 0.1) is 23.3 Å². The summed E-state index contributed by atoms with van der Waals surface area (Å²) in [7, 11) is -1.98. The largest absolute Gasteiger partial charge is 0.381 e. The molecular weight excluding hydrogens is 356 g/mol. The summed E-state index contributed by atoms with van der Waals surface area (Å²) >= 11 is 0. The highest BCUT2D eigenvalue weighted by atomic mass is 32.2. The van der Waals surface area contributed by atoms with Gasteiger partial charge in [0.15, 0.2) is 21.4 Å². The van der Waals surface area contributed by atoms with Crippen LogP contribution in [-0.4, -0.2) is 57.6 Å². The molecule has 0 aliphatic heterocycles. The summed E-state index contributed by atoms with van der Waals surface area (Å²) in [6, 6.07) is 0. The van der Waals surface area contributed by atoms with E-state index < -0.39 is 25.6 Å². The van der Waals surface area contributed by atoms with Crippen molar-refractivity contribution in [3.8, 4) is 0 Å². The first-order valence-electron chi connectivity index (χ1n) is 8.98. The van der Waals surface area contributed by atoms with Gasteiger partial charge in [-0.05, 0) is 65.5 Å². The van der Waals surface area contributed by atoms with E-state index in [1.54, 1.807) is 7.11 Å². The van der Waals surface area contributed by atoms with Crippen LogP contribution in [0.1, 0.15) is 66.1 Å². The van der Waals surface area contributed by atoms with Crippen LogP contribution in [0.4, 0.5) is 0 Å². The Balaban J connectivity index is 2.12. The van der Waals surface area contributed by atoms with Gasteiger partial charge in [-0.2, -0.15) is 4.80 Å². The number of carbonyl (C=O) groups excluding carboxylic acids is 1. The van der Waals surface area contributed by atoms with Crippen molar-refractivity contribution in [1.82, 2.24) is 20.2 Å². The topological polar surface area (TPSA) is 104 Å². The SMILES string of the molecule is COC1CCC(S(=O)(=O)C(C)(C)C(=O)Cc2nnn(C(C)(C)C)n2)CC1. The third-order valence-electron chi connectivity index (χ3n) is 5.15. The highest BCUT2D eigenvalue weighted by Crippen LogP contribution is 2.33. The van der Waals surface area contributed by atoms with E-state index in [-0.39, 0.29) is 23.9 Å². The molecule has 0 amide bonds. The minimum absolute atomic E-state index is 0.108. The quantitative estimate of drug-likeness (QED) is 0.732. The van der Waals surface area contributed by atoms with Crippen molar-refractivity contribution < 1.29 is 17.9 Å². The smallest absolute Gasteiger partial charge is 0.182 e. The van der Waals surface area contributed by atoms with Gasteiger partial charge in [-0.3, -0.25) is 4.79 Å². The number of Topliss-reactive ketones (excluding diaryl/α,β-unsaturated/α-hetero) is 1. The molecule has 1 aliphatic rings. The molecule has 1 aromatic heterocycles. The zero-order valence-corrected chi connectivity index (χ0v) is 17.3. The standard InChI is InChI=1S/C17H30N4O4S/c1-16(2,3)21-19-15(18-20-21)11-14(22)17(4,5)26(23,24)13-9-7-12(25-6)8-10-13/h12-13H,7-11H2,1-6H3. The molecule has 0 bridgehead atoms. The molecule has 0 radical (unpaired) electrons. The van der Waals surface area contributed by atoms with Crippen molar-refractivity contribution in [2.75, 3.05) is 7.11 Å². The maximum Gasteiger partial charge on any atom is 0.182 e. The van der Waals surface area contributed by atoms with Crippen LogP contribution in [-0.2, 0) is 31.3 Å². The predicted molar refractivity (Wildman–Crippen MR) is 97.6 cm³/mol. The van der Waals surface area contributed by atoms with Crippen LogP contribution >= 0.6 is 0 Å². The lowest BCUT2D eigenvalue weighted by molar-refractivity contribution is -0.120. The van der Waals surface area contributed by atoms with Crippen molar-refractivity contribution >= 4 is 15.6 Å². The maximum absolute atomic E-state index is 13.1. The van der Waals surface area contributed by atoms with Crippen molar-refractivity contribution in [3.05, 3.63) is 5.82 Å². The Bertz CT molecular complexity index is 741. The van der Waals surface area contributed by atoms with E-state index in [2.05, 4.69) is 15.4 Å². The van der Waals surface area contributed by atoms with Crippen molar-refractivity contribution in [2.24, 2.45) is 0 Å². The number of hydrogen-bond acceptors (Lipinski definition) is 7. The normalized spacial score (nSPS) is 22.4. The van der Waals surface area contributed by atoms with Crippen molar-refractivity contribution in [2.45, 2.75) is 88.4 Å². The third kappa shape index (κ3) is 4.14. The molecule has 0 N–H and O–H groups in total. The summed E-state index contributed by atoms with van der Waals surface area (Å²) in [4.78, 5) is 14.2. The Kier molecular flexibility index (Phi) is 5.92. The average molecular weight is 387 g/mol. The molecule has 2 rings (SSSR count). The number of carbonyl (C=O) groups is 1. The molecule has 9 heteroatoms. The molecule has 0 unspecified atom stereocenters. The van der Waals surface area contributed by atoms with Crippen LogP contribution in [0.15, 0.2) is 0 Å².